The third-order valence-corrected chi connectivity index (χ3v) is 4.11. The van der Waals surface area contributed by atoms with Gasteiger partial charge in [0.15, 0.2) is 0 Å². The minimum atomic E-state index is 0.745. The van der Waals surface area contributed by atoms with Crippen molar-refractivity contribution in [3.63, 3.8) is 0 Å². The molecule has 0 aromatic rings. The van der Waals surface area contributed by atoms with Crippen molar-refractivity contribution in [1.82, 2.24) is 10.2 Å². The number of piperidine rings is 1. The first-order valence-electron chi connectivity index (χ1n) is 6.77. The van der Waals surface area contributed by atoms with Gasteiger partial charge < -0.3 is 5.32 Å². The van der Waals surface area contributed by atoms with Crippen LogP contribution in [0.2, 0.25) is 0 Å². The molecule has 1 N–H and O–H groups in total. The molecule has 0 bridgehead atoms. The molecular weight excluding hydrogens is 196 g/mol. The van der Waals surface area contributed by atoms with Crippen molar-refractivity contribution in [2.45, 2.75) is 44.6 Å². The highest BCUT2D eigenvalue weighted by molar-refractivity contribution is 4.90. The molecule has 1 aliphatic heterocycles. The van der Waals surface area contributed by atoms with Crippen molar-refractivity contribution < 1.29 is 0 Å². The molecule has 0 unspecified atom stereocenters. The molecule has 0 spiro atoms. The number of nitrogens with one attached hydrogen (secondary N) is 1. The number of likely N-dealkylation sites (tertiary alicyclic amines) is 1. The highest BCUT2D eigenvalue weighted by Crippen LogP contribution is 2.28. The third kappa shape index (κ3) is 3.50. The molecule has 0 aromatic heterocycles. The van der Waals surface area contributed by atoms with E-state index in [1.807, 2.05) is 0 Å². The lowest BCUT2D eigenvalue weighted by Crippen LogP contribution is -2.43. The smallest absolute Gasteiger partial charge is 0.0598 e. The summed E-state index contributed by atoms with van der Waals surface area (Å²) >= 11 is 0. The molecule has 1 heterocycles. The normalized spacial score (nSPS) is 23.9. The molecule has 2 rings (SSSR count). The van der Waals surface area contributed by atoms with Crippen LogP contribution in [-0.2, 0) is 0 Å². The average Bonchev–Trinajstić information content (AvgIpc) is 2.24. The Bertz CT molecular complexity index is 232. The Balaban J connectivity index is 1.53. The number of terminal acetylenes is 1. The molecule has 1 saturated heterocycles. The Labute approximate surface area is 99.8 Å². The average molecular weight is 220 g/mol. The molecule has 0 amide bonds. The maximum absolute atomic E-state index is 5.32. The summed E-state index contributed by atoms with van der Waals surface area (Å²) in [5.41, 5.74) is 0. The van der Waals surface area contributed by atoms with Crippen LogP contribution in [0.3, 0.4) is 0 Å². The molecule has 90 valence electrons. The second-order valence-electron chi connectivity index (χ2n) is 5.29. The zero-order chi connectivity index (χ0) is 11.2. The maximum Gasteiger partial charge on any atom is 0.0598 e. The molecular formula is C14H24N2. The van der Waals surface area contributed by atoms with Crippen LogP contribution in [0.5, 0.6) is 0 Å². The van der Waals surface area contributed by atoms with E-state index in [-0.39, 0.29) is 0 Å². The quantitative estimate of drug-likeness (QED) is 0.712. The standard InChI is InChI=1S/C14H24N2/c1-2-10-16-11-7-14(8-12-16)15-9-6-13-4-3-5-13/h1,13-15H,3-12H2. The van der Waals surface area contributed by atoms with Gasteiger partial charge in [0.25, 0.3) is 0 Å². The Morgan fingerprint density at radius 2 is 1.94 bits per heavy atom. The lowest BCUT2D eigenvalue weighted by molar-refractivity contribution is 0.211. The van der Waals surface area contributed by atoms with Crippen molar-refractivity contribution in [3.8, 4) is 12.3 Å². The fraction of sp³-hybridized carbons (Fsp3) is 0.857. The Hall–Kier alpha value is -0.520. The fourth-order valence-corrected chi connectivity index (χ4v) is 2.70. The largest absolute Gasteiger partial charge is 0.314 e. The van der Waals surface area contributed by atoms with Crippen LogP contribution in [0.25, 0.3) is 0 Å². The second kappa shape index (κ2) is 6.27. The topological polar surface area (TPSA) is 15.3 Å². The molecule has 2 nitrogen and oxygen atoms in total. The Morgan fingerprint density at radius 1 is 1.19 bits per heavy atom. The third-order valence-electron chi connectivity index (χ3n) is 4.11. The first-order chi connectivity index (χ1) is 7.88. The highest BCUT2D eigenvalue weighted by atomic mass is 15.1. The maximum atomic E-state index is 5.32. The summed E-state index contributed by atoms with van der Waals surface area (Å²) in [5, 5.41) is 3.71. The van der Waals surface area contributed by atoms with Crippen LogP contribution in [-0.4, -0.2) is 37.1 Å². The summed E-state index contributed by atoms with van der Waals surface area (Å²) in [4.78, 5) is 2.38. The number of hydrogen-bond acceptors (Lipinski definition) is 2. The minimum Gasteiger partial charge on any atom is -0.314 e. The zero-order valence-corrected chi connectivity index (χ0v) is 10.3. The highest BCUT2D eigenvalue weighted by Gasteiger charge is 2.20. The van der Waals surface area contributed by atoms with E-state index in [2.05, 4.69) is 16.1 Å². The molecule has 0 aromatic carbocycles. The van der Waals surface area contributed by atoms with Gasteiger partial charge in [0.05, 0.1) is 6.54 Å². The van der Waals surface area contributed by atoms with Crippen LogP contribution < -0.4 is 5.32 Å². The predicted molar refractivity (Wildman–Crippen MR) is 68.3 cm³/mol. The van der Waals surface area contributed by atoms with Gasteiger partial charge in [-0.3, -0.25) is 4.90 Å². The van der Waals surface area contributed by atoms with Gasteiger partial charge in [-0.05, 0) is 31.7 Å². The van der Waals surface area contributed by atoms with Crippen molar-refractivity contribution in [3.05, 3.63) is 0 Å². The van der Waals surface area contributed by atoms with Crippen molar-refractivity contribution in [2.24, 2.45) is 5.92 Å². The van der Waals surface area contributed by atoms with Crippen LogP contribution in [0.15, 0.2) is 0 Å². The van der Waals surface area contributed by atoms with E-state index < -0.39 is 0 Å². The predicted octanol–water partition coefficient (Wildman–Crippen LogP) is 1.86. The first kappa shape index (κ1) is 12.0. The van der Waals surface area contributed by atoms with E-state index >= 15 is 0 Å². The zero-order valence-electron chi connectivity index (χ0n) is 10.3. The van der Waals surface area contributed by atoms with Crippen molar-refractivity contribution in [1.29, 1.82) is 0 Å². The lowest BCUT2D eigenvalue weighted by atomic mass is 9.83. The van der Waals surface area contributed by atoms with Gasteiger partial charge in [-0.25, -0.2) is 0 Å². The summed E-state index contributed by atoms with van der Waals surface area (Å²) in [6.45, 7) is 4.40. The number of nitrogens with zero attached hydrogens (tertiary/aromatic N) is 1. The van der Waals surface area contributed by atoms with E-state index in [1.54, 1.807) is 0 Å². The van der Waals surface area contributed by atoms with E-state index in [0.717, 1.165) is 18.5 Å². The molecule has 16 heavy (non-hydrogen) atoms. The van der Waals surface area contributed by atoms with Gasteiger partial charge in [-0.2, -0.15) is 0 Å². The molecule has 0 atom stereocenters. The van der Waals surface area contributed by atoms with Gasteiger partial charge in [-0.1, -0.05) is 25.2 Å². The molecule has 1 aliphatic carbocycles. The molecule has 2 aliphatic rings. The summed E-state index contributed by atoms with van der Waals surface area (Å²) < 4.78 is 0. The van der Waals surface area contributed by atoms with E-state index in [1.165, 1.54) is 58.2 Å². The van der Waals surface area contributed by atoms with Crippen molar-refractivity contribution in [2.75, 3.05) is 26.2 Å². The van der Waals surface area contributed by atoms with Crippen LogP contribution in [0.4, 0.5) is 0 Å². The fourth-order valence-electron chi connectivity index (χ4n) is 2.70. The summed E-state index contributed by atoms with van der Waals surface area (Å²) in [6.07, 6.45) is 13.7. The van der Waals surface area contributed by atoms with E-state index in [4.69, 9.17) is 6.42 Å². The van der Waals surface area contributed by atoms with E-state index in [9.17, 15) is 0 Å². The number of rotatable bonds is 5. The molecule has 0 radical (unpaired) electrons. The summed E-state index contributed by atoms with van der Waals surface area (Å²) in [7, 11) is 0. The molecule has 2 heteroatoms. The van der Waals surface area contributed by atoms with Crippen LogP contribution >= 0.6 is 0 Å². The monoisotopic (exact) mass is 220 g/mol. The second-order valence-corrected chi connectivity index (χ2v) is 5.29. The van der Waals surface area contributed by atoms with Gasteiger partial charge in [0.2, 0.25) is 0 Å². The molecule has 1 saturated carbocycles. The minimum absolute atomic E-state index is 0.745. The summed E-state index contributed by atoms with van der Waals surface area (Å²) in [6, 6.07) is 0.745. The van der Waals surface area contributed by atoms with Gasteiger partial charge >= 0.3 is 0 Å². The van der Waals surface area contributed by atoms with Crippen molar-refractivity contribution >= 4 is 0 Å². The van der Waals surface area contributed by atoms with Gasteiger partial charge in [0, 0.05) is 19.1 Å². The Morgan fingerprint density at radius 3 is 2.50 bits per heavy atom. The first-order valence-corrected chi connectivity index (χ1v) is 6.77. The van der Waals surface area contributed by atoms with Gasteiger partial charge in [-0.15, -0.1) is 6.42 Å². The van der Waals surface area contributed by atoms with Crippen LogP contribution in [0.1, 0.15) is 38.5 Å². The van der Waals surface area contributed by atoms with Gasteiger partial charge in [0.1, 0.15) is 0 Å². The molecule has 2 fully saturated rings. The number of hydrogen-bond donors (Lipinski definition) is 1. The lowest BCUT2D eigenvalue weighted by Gasteiger charge is -2.32. The van der Waals surface area contributed by atoms with E-state index in [0.29, 0.717) is 0 Å². The Kier molecular flexibility index (Phi) is 4.69. The SMILES string of the molecule is C#CCN1CCC(NCCC2CCC2)CC1. The van der Waals surface area contributed by atoms with Crippen LogP contribution in [0, 0.1) is 18.3 Å². The summed E-state index contributed by atoms with van der Waals surface area (Å²) in [5.74, 6) is 3.77.